The number of ether oxygens (including phenoxy) is 1. The van der Waals surface area contributed by atoms with Crippen molar-refractivity contribution in [1.29, 1.82) is 5.41 Å². The smallest absolute Gasteiger partial charge is 0.251 e. The van der Waals surface area contributed by atoms with Crippen LogP contribution in [0.1, 0.15) is 47.7 Å². The molecule has 7 nitrogen and oxygen atoms in total. The molecule has 0 radical (unpaired) electrons. The number of anilines is 1. The Morgan fingerprint density at radius 2 is 1.94 bits per heavy atom. The molecular formula is C29H33N5O2. The predicted octanol–water partition coefficient (Wildman–Crippen LogP) is 5.11. The van der Waals surface area contributed by atoms with Gasteiger partial charge in [-0.15, -0.1) is 0 Å². The highest BCUT2D eigenvalue weighted by Crippen LogP contribution is 2.30. The number of nitrogens with zero attached hydrogens (tertiary/aromatic N) is 2. The first-order chi connectivity index (χ1) is 17.6. The SMILES string of the molecule is CCc1cc(-c2cc(Oc3ccc(C=N)c(NC)c3)ccn2)ccc1C(=O)NC1CN(C2CCC2)C1. The van der Waals surface area contributed by atoms with Gasteiger partial charge in [0.15, 0.2) is 0 Å². The third-order valence-corrected chi connectivity index (χ3v) is 7.28. The van der Waals surface area contributed by atoms with Gasteiger partial charge in [0.05, 0.1) is 11.7 Å². The number of aryl methyl sites for hydroxylation is 1. The molecule has 2 aliphatic rings. The van der Waals surface area contributed by atoms with Crippen molar-refractivity contribution in [2.45, 2.75) is 44.7 Å². The molecule has 2 fully saturated rings. The lowest BCUT2D eigenvalue weighted by molar-refractivity contribution is 0.0346. The second-order valence-electron chi connectivity index (χ2n) is 9.56. The molecular weight excluding hydrogens is 450 g/mol. The lowest BCUT2D eigenvalue weighted by Crippen LogP contribution is -2.63. The molecule has 1 aliphatic heterocycles. The number of rotatable bonds is 9. The maximum Gasteiger partial charge on any atom is 0.251 e. The van der Waals surface area contributed by atoms with Crippen LogP contribution in [0.25, 0.3) is 11.3 Å². The first kappa shape index (κ1) is 24.0. The number of benzene rings is 2. The molecule has 0 unspecified atom stereocenters. The van der Waals surface area contributed by atoms with Crippen molar-refractivity contribution in [3.05, 3.63) is 71.4 Å². The lowest BCUT2D eigenvalue weighted by Gasteiger charge is -2.48. The van der Waals surface area contributed by atoms with Crippen LogP contribution in [-0.2, 0) is 6.42 Å². The molecule has 3 N–H and O–H groups in total. The van der Waals surface area contributed by atoms with E-state index in [1.165, 1.54) is 25.5 Å². The molecule has 36 heavy (non-hydrogen) atoms. The topological polar surface area (TPSA) is 90.3 Å². The standard InChI is InChI=1S/C29H33N5O2/c1-3-19-13-20(8-10-26(19)29(35)33-22-17-34(18-22)23-5-4-6-23)28-15-25(11-12-32-28)36-24-9-7-21(16-30)27(14-24)31-2/h7-16,22-23,30-31H,3-6,17-18H2,1-2H3,(H,33,35). The Balaban J connectivity index is 1.28. The van der Waals surface area contributed by atoms with Crippen molar-refractivity contribution in [3.63, 3.8) is 0 Å². The van der Waals surface area contributed by atoms with Crippen molar-refractivity contribution in [3.8, 4) is 22.8 Å². The van der Waals surface area contributed by atoms with Crippen molar-refractivity contribution < 1.29 is 9.53 Å². The number of amides is 1. The Morgan fingerprint density at radius 1 is 1.14 bits per heavy atom. The molecule has 7 heteroatoms. The van der Waals surface area contributed by atoms with Crippen LogP contribution in [0.5, 0.6) is 11.5 Å². The summed E-state index contributed by atoms with van der Waals surface area (Å²) in [5.74, 6) is 1.36. The lowest BCUT2D eigenvalue weighted by atomic mass is 9.88. The zero-order valence-electron chi connectivity index (χ0n) is 20.9. The minimum absolute atomic E-state index is 0.00964. The molecule has 3 aromatic rings. The minimum atomic E-state index is 0.00964. The van der Waals surface area contributed by atoms with E-state index in [9.17, 15) is 4.79 Å². The monoisotopic (exact) mass is 483 g/mol. The van der Waals surface area contributed by atoms with E-state index < -0.39 is 0 Å². The Kier molecular flexibility index (Phi) is 7.00. The summed E-state index contributed by atoms with van der Waals surface area (Å²) in [4.78, 5) is 20.0. The highest BCUT2D eigenvalue weighted by Gasteiger charge is 2.35. The fourth-order valence-corrected chi connectivity index (χ4v) is 4.89. The number of aromatic nitrogens is 1. The van der Waals surface area contributed by atoms with Crippen LogP contribution in [0.2, 0.25) is 0 Å². The molecule has 1 aromatic heterocycles. The average Bonchev–Trinajstić information content (AvgIpc) is 2.85. The van der Waals surface area contributed by atoms with Crippen LogP contribution in [0.15, 0.2) is 54.7 Å². The molecule has 0 bridgehead atoms. The number of hydrogen-bond donors (Lipinski definition) is 3. The predicted molar refractivity (Wildman–Crippen MR) is 143 cm³/mol. The first-order valence-corrected chi connectivity index (χ1v) is 12.7. The normalized spacial score (nSPS) is 16.1. The van der Waals surface area contributed by atoms with Crippen molar-refractivity contribution in [1.82, 2.24) is 15.2 Å². The average molecular weight is 484 g/mol. The summed E-state index contributed by atoms with van der Waals surface area (Å²) >= 11 is 0. The van der Waals surface area contributed by atoms with E-state index >= 15 is 0 Å². The summed E-state index contributed by atoms with van der Waals surface area (Å²) in [5, 5.41) is 13.8. The van der Waals surface area contributed by atoms with Crippen molar-refractivity contribution in [2.24, 2.45) is 0 Å². The third-order valence-electron chi connectivity index (χ3n) is 7.28. The summed E-state index contributed by atoms with van der Waals surface area (Å²) in [6.07, 6.45) is 7.74. The molecule has 1 amide bonds. The van der Waals surface area contributed by atoms with E-state index in [0.29, 0.717) is 11.5 Å². The van der Waals surface area contributed by atoms with E-state index in [-0.39, 0.29) is 11.9 Å². The van der Waals surface area contributed by atoms with E-state index in [0.717, 1.165) is 59.2 Å². The van der Waals surface area contributed by atoms with Gasteiger partial charge in [0.1, 0.15) is 11.5 Å². The molecule has 0 atom stereocenters. The number of hydrogen-bond acceptors (Lipinski definition) is 6. The van der Waals surface area contributed by atoms with Crippen LogP contribution < -0.4 is 15.4 Å². The largest absolute Gasteiger partial charge is 0.457 e. The van der Waals surface area contributed by atoms with Crippen molar-refractivity contribution >= 4 is 17.8 Å². The third kappa shape index (κ3) is 4.97. The second kappa shape index (κ2) is 10.5. The fraction of sp³-hybridized carbons (Fsp3) is 0.345. The number of nitrogens with one attached hydrogen (secondary N) is 3. The van der Waals surface area contributed by atoms with Gasteiger partial charge in [0.25, 0.3) is 5.91 Å². The van der Waals surface area contributed by atoms with Crippen LogP contribution >= 0.6 is 0 Å². The quantitative estimate of drug-likeness (QED) is 0.368. The summed E-state index contributed by atoms with van der Waals surface area (Å²) in [5.41, 5.74) is 5.11. The summed E-state index contributed by atoms with van der Waals surface area (Å²) in [7, 11) is 1.82. The highest BCUT2D eigenvalue weighted by atomic mass is 16.5. The van der Waals surface area contributed by atoms with Crippen LogP contribution in [0.3, 0.4) is 0 Å². The van der Waals surface area contributed by atoms with Crippen molar-refractivity contribution in [2.75, 3.05) is 25.5 Å². The van der Waals surface area contributed by atoms with Crippen LogP contribution in [0, 0.1) is 5.41 Å². The van der Waals surface area contributed by atoms with E-state index in [4.69, 9.17) is 10.1 Å². The van der Waals surface area contributed by atoms with E-state index in [2.05, 4.69) is 33.5 Å². The zero-order chi connectivity index (χ0) is 25.1. The maximum atomic E-state index is 13.0. The molecule has 5 rings (SSSR count). The van der Waals surface area contributed by atoms with Crippen LogP contribution in [-0.4, -0.2) is 54.2 Å². The summed E-state index contributed by atoms with van der Waals surface area (Å²) in [6, 6.07) is 16.2. The van der Waals surface area contributed by atoms with Gasteiger partial charge in [-0.25, -0.2) is 0 Å². The number of pyridine rings is 1. The van der Waals surface area contributed by atoms with Gasteiger partial charge in [-0.05, 0) is 55.2 Å². The van der Waals surface area contributed by atoms with Gasteiger partial charge < -0.3 is 20.8 Å². The zero-order valence-corrected chi connectivity index (χ0v) is 20.9. The molecule has 1 saturated heterocycles. The van der Waals surface area contributed by atoms with Gasteiger partial charge in [-0.2, -0.15) is 0 Å². The number of carbonyl (C=O) groups excluding carboxylic acids is 1. The first-order valence-electron chi connectivity index (χ1n) is 12.7. The summed E-state index contributed by atoms with van der Waals surface area (Å²) in [6.45, 7) is 4.00. The Bertz CT molecular complexity index is 1260. The van der Waals surface area contributed by atoms with Gasteiger partial charge in [-0.3, -0.25) is 14.7 Å². The maximum absolute atomic E-state index is 13.0. The van der Waals surface area contributed by atoms with Gasteiger partial charge >= 0.3 is 0 Å². The Morgan fingerprint density at radius 3 is 2.64 bits per heavy atom. The van der Waals surface area contributed by atoms with Crippen LogP contribution in [0.4, 0.5) is 5.69 Å². The highest BCUT2D eigenvalue weighted by molar-refractivity contribution is 5.96. The fourth-order valence-electron chi connectivity index (χ4n) is 4.89. The van der Waals surface area contributed by atoms with Gasteiger partial charge in [-0.1, -0.05) is 19.4 Å². The molecule has 1 saturated carbocycles. The van der Waals surface area contributed by atoms with E-state index in [1.54, 1.807) is 6.20 Å². The second-order valence-corrected chi connectivity index (χ2v) is 9.56. The molecule has 186 valence electrons. The molecule has 2 aromatic carbocycles. The Hall–Kier alpha value is -3.71. The van der Waals surface area contributed by atoms with Gasteiger partial charge in [0, 0.05) is 73.1 Å². The number of likely N-dealkylation sites (tertiary alicyclic amines) is 1. The molecule has 2 heterocycles. The molecule has 0 spiro atoms. The number of carbonyl (C=O) groups is 1. The van der Waals surface area contributed by atoms with Gasteiger partial charge in [0.2, 0.25) is 0 Å². The van der Waals surface area contributed by atoms with E-state index in [1.807, 2.05) is 49.5 Å². The minimum Gasteiger partial charge on any atom is -0.457 e. The molecule has 1 aliphatic carbocycles. The Labute approximate surface area is 212 Å². The summed E-state index contributed by atoms with van der Waals surface area (Å²) < 4.78 is 6.08.